The predicted molar refractivity (Wildman–Crippen MR) is 76.8 cm³/mol. The second-order valence-corrected chi connectivity index (χ2v) is 6.35. The molecule has 3 rings (SSSR count). The summed E-state index contributed by atoms with van der Waals surface area (Å²) in [7, 11) is 0. The lowest BCUT2D eigenvalue weighted by Gasteiger charge is -2.19. The van der Waals surface area contributed by atoms with E-state index in [4.69, 9.17) is 23.2 Å². The minimum absolute atomic E-state index is 0.0435. The third kappa shape index (κ3) is 2.60. The molecule has 2 atom stereocenters. The lowest BCUT2D eigenvalue weighted by Crippen LogP contribution is -2.29. The van der Waals surface area contributed by atoms with Crippen LogP contribution in [0.4, 0.5) is 17.6 Å². The molecule has 0 aliphatic heterocycles. The number of hydrogen-bond acceptors (Lipinski definition) is 2. The van der Waals surface area contributed by atoms with Crippen LogP contribution in [0.5, 0.6) is 0 Å². The Morgan fingerprint density at radius 2 is 1.87 bits per heavy atom. The van der Waals surface area contributed by atoms with Crippen molar-refractivity contribution in [2.75, 3.05) is 0 Å². The standard InChI is InChI=1S/C14H10Cl2F4N2O/c1-13(23)7-5-22(21-10(7)4-11(13)17)12-8(15)2-6(3-9(12)16)14(18,19)20/h2-3,5,11,23H,4H2,1H3. The number of rotatable bonds is 1. The van der Waals surface area contributed by atoms with Gasteiger partial charge in [0, 0.05) is 18.2 Å². The van der Waals surface area contributed by atoms with Crippen LogP contribution in [0.2, 0.25) is 10.0 Å². The second kappa shape index (κ2) is 5.09. The molecular formula is C14H10Cl2F4N2O. The van der Waals surface area contributed by atoms with Crippen LogP contribution in [0, 0.1) is 0 Å². The van der Waals surface area contributed by atoms with Gasteiger partial charge in [-0.15, -0.1) is 0 Å². The van der Waals surface area contributed by atoms with Crippen molar-refractivity contribution in [3.05, 3.63) is 45.2 Å². The van der Waals surface area contributed by atoms with Gasteiger partial charge in [-0.05, 0) is 19.1 Å². The van der Waals surface area contributed by atoms with E-state index >= 15 is 0 Å². The Kier molecular flexibility index (Phi) is 3.66. The van der Waals surface area contributed by atoms with Gasteiger partial charge in [-0.2, -0.15) is 18.3 Å². The van der Waals surface area contributed by atoms with Crippen LogP contribution in [-0.4, -0.2) is 21.1 Å². The summed E-state index contributed by atoms with van der Waals surface area (Å²) >= 11 is 11.8. The van der Waals surface area contributed by atoms with Crippen LogP contribution in [0.1, 0.15) is 23.7 Å². The van der Waals surface area contributed by atoms with Gasteiger partial charge in [-0.3, -0.25) is 0 Å². The quantitative estimate of drug-likeness (QED) is 0.762. The maximum Gasteiger partial charge on any atom is 0.416 e. The monoisotopic (exact) mass is 368 g/mol. The lowest BCUT2D eigenvalue weighted by molar-refractivity contribution is -0.137. The first-order valence-corrected chi connectivity index (χ1v) is 7.29. The van der Waals surface area contributed by atoms with Crippen LogP contribution >= 0.6 is 23.2 Å². The number of fused-ring (bicyclic) bond motifs is 1. The number of nitrogens with zero attached hydrogens (tertiary/aromatic N) is 2. The fourth-order valence-electron chi connectivity index (χ4n) is 2.58. The van der Waals surface area contributed by atoms with Gasteiger partial charge >= 0.3 is 6.18 Å². The molecule has 0 radical (unpaired) electrons. The number of halogens is 6. The fraction of sp³-hybridized carbons (Fsp3) is 0.357. The van der Waals surface area contributed by atoms with Gasteiger partial charge in [0.2, 0.25) is 0 Å². The second-order valence-electron chi connectivity index (χ2n) is 5.54. The molecule has 1 aromatic heterocycles. The van der Waals surface area contributed by atoms with Crippen molar-refractivity contribution in [3.63, 3.8) is 0 Å². The van der Waals surface area contributed by atoms with Crippen LogP contribution < -0.4 is 0 Å². The molecule has 2 unspecified atom stereocenters. The maximum absolute atomic E-state index is 13.7. The average Bonchev–Trinajstić information content (AvgIpc) is 2.88. The summed E-state index contributed by atoms with van der Waals surface area (Å²) in [4.78, 5) is 0. The highest BCUT2D eigenvalue weighted by molar-refractivity contribution is 6.37. The summed E-state index contributed by atoms with van der Waals surface area (Å²) < 4.78 is 53.1. The third-order valence-corrected chi connectivity index (χ3v) is 4.47. The molecule has 0 spiro atoms. The molecule has 3 nitrogen and oxygen atoms in total. The molecule has 1 heterocycles. The van der Waals surface area contributed by atoms with E-state index in [2.05, 4.69) is 5.10 Å². The number of benzene rings is 1. The largest absolute Gasteiger partial charge is 0.416 e. The van der Waals surface area contributed by atoms with Crippen molar-refractivity contribution in [2.24, 2.45) is 0 Å². The lowest BCUT2D eigenvalue weighted by atomic mass is 10.0. The first-order chi connectivity index (χ1) is 10.5. The molecule has 0 saturated carbocycles. The van der Waals surface area contributed by atoms with Gasteiger partial charge in [0.15, 0.2) is 0 Å². The molecule has 1 aliphatic carbocycles. The fourth-order valence-corrected chi connectivity index (χ4v) is 3.24. The first kappa shape index (κ1) is 16.5. The first-order valence-electron chi connectivity index (χ1n) is 6.54. The van der Waals surface area contributed by atoms with Crippen molar-refractivity contribution in [1.82, 2.24) is 9.78 Å². The maximum atomic E-state index is 13.7. The average molecular weight is 369 g/mol. The summed E-state index contributed by atoms with van der Waals surface area (Å²) in [6.07, 6.45) is -4.84. The molecule has 1 aliphatic rings. The Labute approximate surface area is 138 Å². The molecule has 2 aromatic rings. The zero-order valence-electron chi connectivity index (χ0n) is 11.6. The number of aliphatic hydroxyl groups is 1. The normalized spacial score (nSPS) is 24.1. The Balaban J connectivity index is 2.10. The Bertz CT molecular complexity index is 763. The Hall–Kier alpha value is -1.31. The summed E-state index contributed by atoms with van der Waals surface area (Å²) in [6, 6.07) is 1.48. The van der Waals surface area contributed by atoms with E-state index in [1.165, 1.54) is 13.1 Å². The zero-order valence-corrected chi connectivity index (χ0v) is 13.1. The number of hydrogen-bond donors (Lipinski definition) is 1. The van der Waals surface area contributed by atoms with Crippen molar-refractivity contribution in [3.8, 4) is 5.69 Å². The van der Waals surface area contributed by atoms with Crippen molar-refractivity contribution in [1.29, 1.82) is 0 Å². The topological polar surface area (TPSA) is 38.0 Å². The van der Waals surface area contributed by atoms with Crippen molar-refractivity contribution < 1.29 is 22.7 Å². The van der Waals surface area contributed by atoms with E-state index < -0.39 is 23.5 Å². The van der Waals surface area contributed by atoms with E-state index in [-0.39, 0.29) is 27.7 Å². The van der Waals surface area contributed by atoms with E-state index in [0.717, 1.165) is 16.8 Å². The Morgan fingerprint density at radius 1 is 1.30 bits per heavy atom. The van der Waals surface area contributed by atoms with Crippen LogP contribution in [-0.2, 0) is 18.2 Å². The van der Waals surface area contributed by atoms with E-state index in [0.29, 0.717) is 5.69 Å². The minimum atomic E-state index is -4.58. The van der Waals surface area contributed by atoms with Crippen LogP contribution in [0.3, 0.4) is 0 Å². The molecule has 1 N–H and O–H groups in total. The molecule has 9 heteroatoms. The molecular weight excluding hydrogens is 359 g/mol. The molecule has 23 heavy (non-hydrogen) atoms. The highest BCUT2D eigenvalue weighted by Gasteiger charge is 2.44. The molecule has 0 fully saturated rings. The zero-order chi connectivity index (χ0) is 17.2. The molecule has 124 valence electrons. The van der Waals surface area contributed by atoms with Crippen LogP contribution in [0.25, 0.3) is 5.69 Å². The number of alkyl halides is 4. The highest BCUT2D eigenvalue weighted by atomic mass is 35.5. The third-order valence-electron chi connectivity index (χ3n) is 3.89. The Morgan fingerprint density at radius 3 is 2.35 bits per heavy atom. The highest BCUT2D eigenvalue weighted by Crippen LogP contribution is 2.41. The summed E-state index contributed by atoms with van der Waals surface area (Å²) in [5.41, 5.74) is -2.07. The van der Waals surface area contributed by atoms with Gasteiger partial charge in [-0.25, -0.2) is 9.07 Å². The molecule has 0 saturated heterocycles. The summed E-state index contributed by atoms with van der Waals surface area (Å²) in [5.74, 6) is 0. The summed E-state index contributed by atoms with van der Waals surface area (Å²) in [5, 5.41) is 13.7. The van der Waals surface area contributed by atoms with Gasteiger partial charge in [-0.1, -0.05) is 23.2 Å². The van der Waals surface area contributed by atoms with E-state index in [9.17, 15) is 22.7 Å². The van der Waals surface area contributed by atoms with Gasteiger partial charge < -0.3 is 5.11 Å². The predicted octanol–water partition coefficient (Wildman–Crippen LogP) is 4.30. The summed E-state index contributed by atoms with van der Waals surface area (Å²) in [6.45, 7) is 1.31. The van der Waals surface area contributed by atoms with E-state index in [1.807, 2.05) is 0 Å². The smallest absolute Gasteiger partial charge is 0.382 e. The minimum Gasteiger partial charge on any atom is -0.382 e. The molecule has 0 amide bonds. The van der Waals surface area contributed by atoms with Crippen molar-refractivity contribution in [2.45, 2.75) is 31.3 Å². The van der Waals surface area contributed by atoms with Crippen molar-refractivity contribution >= 4 is 23.2 Å². The van der Waals surface area contributed by atoms with E-state index in [1.54, 1.807) is 0 Å². The SMILES string of the molecule is CC1(O)c2cn(-c3c(Cl)cc(C(F)(F)F)cc3Cl)nc2CC1F. The van der Waals surface area contributed by atoms with Crippen LogP contribution in [0.15, 0.2) is 18.3 Å². The van der Waals surface area contributed by atoms with Gasteiger partial charge in [0.25, 0.3) is 0 Å². The molecule has 1 aromatic carbocycles. The number of aromatic nitrogens is 2. The molecule has 0 bridgehead atoms. The van der Waals surface area contributed by atoms with Gasteiger partial charge in [0.1, 0.15) is 17.5 Å². The van der Waals surface area contributed by atoms with Gasteiger partial charge in [0.05, 0.1) is 21.3 Å².